The molecule has 0 heterocycles. The normalized spacial score (nSPS) is 13.3. The van der Waals surface area contributed by atoms with Gasteiger partial charge in [-0.25, -0.2) is 0 Å². The van der Waals surface area contributed by atoms with Gasteiger partial charge in [0.2, 0.25) is 0 Å². The fraction of sp³-hybridized carbons (Fsp3) is 0.0909. The van der Waals surface area contributed by atoms with Gasteiger partial charge in [-0.15, -0.1) is 0 Å². The van der Waals surface area contributed by atoms with Crippen LogP contribution in [0.2, 0.25) is 0 Å². The number of hydrogen-bond donors (Lipinski definition) is 0. The predicted octanol–water partition coefficient (Wildman–Crippen LogP) is 3.53. The van der Waals surface area contributed by atoms with Gasteiger partial charge in [-0.1, -0.05) is 84.9 Å². The number of hydrogen-bond acceptors (Lipinski definition) is 1. The average molecular weight is 328 g/mol. The molecule has 118 valence electrons. The number of benzene rings is 3. The van der Waals surface area contributed by atoms with Gasteiger partial charge in [0.15, 0.2) is 0 Å². The van der Waals surface area contributed by atoms with Crippen LogP contribution in [0.4, 0.5) is 0 Å². The molecular formula is C22H20OSi. The van der Waals surface area contributed by atoms with Gasteiger partial charge in [-0.2, -0.15) is 0 Å². The first-order valence-electron chi connectivity index (χ1n) is 8.47. The molecular weight excluding hydrogens is 308 g/mol. The van der Waals surface area contributed by atoms with E-state index in [1.165, 1.54) is 21.5 Å². The first-order valence-corrected chi connectivity index (χ1v) is 10.1. The van der Waals surface area contributed by atoms with Crippen molar-refractivity contribution < 1.29 is 4.43 Å². The Labute approximate surface area is 145 Å². The standard InChI is InChI=1S/C22H20OSi/c1-3-12-19(13-4-1)24(20-14-5-2-6-15-20)23-22-17-9-11-18-10-7-8-16-21(18)22/h1-8,10,12-17,24H,9,11H2. The minimum atomic E-state index is -1.75. The van der Waals surface area contributed by atoms with Crippen LogP contribution < -0.4 is 10.4 Å². The highest BCUT2D eigenvalue weighted by Gasteiger charge is 2.22. The summed E-state index contributed by atoms with van der Waals surface area (Å²) in [7, 11) is -1.75. The second-order valence-corrected chi connectivity index (χ2v) is 8.41. The third kappa shape index (κ3) is 3.06. The van der Waals surface area contributed by atoms with Crippen LogP contribution in [0.5, 0.6) is 0 Å². The molecule has 1 aliphatic rings. The minimum Gasteiger partial charge on any atom is -0.537 e. The Morgan fingerprint density at radius 2 is 1.25 bits per heavy atom. The van der Waals surface area contributed by atoms with Gasteiger partial charge >= 0.3 is 0 Å². The van der Waals surface area contributed by atoms with Crippen molar-refractivity contribution in [2.24, 2.45) is 0 Å². The van der Waals surface area contributed by atoms with E-state index in [4.69, 9.17) is 4.43 Å². The van der Waals surface area contributed by atoms with Crippen LogP contribution in [0.15, 0.2) is 91.0 Å². The highest BCUT2D eigenvalue weighted by Crippen LogP contribution is 2.27. The van der Waals surface area contributed by atoms with Gasteiger partial charge in [0.25, 0.3) is 9.04 Å². The topological polar surface area (TPSA) is 9.23 Å². The molecule has 2 heteroatoms. The van der Waals surface area contributed by atoms with E-state index in [0.29, 0.717) is 0 Å². The molecule has 0 aliphatic heterocycles. The van der Waals surface area contributed by atoms with Crippen LogP contribution in [0.1, 0.15) is 17.5 Å². The molecule has 1 nitrogen and oxygen atoms in total. The smallest absolute Gasteiger partial charge is 0.299 e. The van der Waals surface area contributed by atoms with E-state index in [9.17, 15) is 0 Å². The monoisotopic (exact) mass is 328 g/mol. The van der Waals surface area contributed by atoms with Crippen molar-refractivity contribution in [1.82, 2.24) is 0 Å². The fourth-order valence-corrected chi connectivity index (χ4v) is 5.55. The first-order chi connectivity index (χ1) is 11.9. The lowest BCUT2D eigenvalue weighted by molar-refractivity contribution is 0.540. The molecule has 0 aromatic heterocycles. The molecule has 0 radical (unpaired) electrons. The SMILES string of the molecule is C1=C(O[SiH](c2ccccc2)c2ccccc2)c2ccccc2CC1. The largest absolute Gasteiger partial charge is 0.537 e. The van der Waals surface area contributed by atoms with Crippen LogP contribution in [-0.4, -0.2) is 9.04 Å². The number of aryl methyl sites for hydroxylation is 1. The van der Waals surface area contributed by atoms with Gasteiger partial charge in [0.05, 0.1) is 0 Å². The van der Waals surface area contributed by atoms with Gasteiger partial charge in [-0.3, -0.25) is 0 Å². The zero-order valence-electron chi connectivity index (χ0n) is 13.6. The van der Waals surface area contributed by atoms with Crippen molar-refractivity contribution in [3.63, 3.8) is 0 Å². The number of allylic oxidation sites excluding steroid dienone is 1. The lowest BCUT2D eigenvalue weighted by atomic mass is 9.96. The zero-order chi connectivity index (χ0) is 16.2. The molecule has 0 bridgehead atoms. The maximum Gasteiger partial charge on any atom is 0.299 e. The first kappa shape index (κ1) is 15.0. The van der Waals surface area contributed by atoms with Gasteiger partial charge in [-0.05, 0) is 34.9 Å². The van der Waals surface area contributed by atoms with Gasteiger partial charge in [0.1, 0.15) is 5.76 Å². The number of fused-ring (bicyclic) bond motifs is 1. The highest BCUT2D eigenvalue weighted by atomic mass is 28.3. The maximum atomic E-state index is 6.69. The van der Waals surface area contributed by atoms with Crippen molar-refractivity contribution in [2.45, 2.75) is 12.8 Å². The van der Waals surface area contributed by atoms with Crippen molar-refractivity contribution >= 4 is 25.2 Å². The van der Waals surface area contributed by atoms with Crippen LogP contribution >= 0.6 is 0 Å². The summed E-state index contributed by atoms with van der Waals surface area (Å²) in [6.07, 6.45) is 4.41. The highest BCUT2D eigenvalue weighted by molar-refractivity contribution is 6.80. The predicted molar refractivity (Wildman–Crippen MR) is 103 cm³/mol. The van der Waals surface area contributed by atoms with Gasteiger partial charge < -0.3 is 4.43 Å². The third-order valence-corrected chi connectivity index (χ3v) is 6.95. The molecule has 0 amide bonds. The van der Waals surface area contributed by atoms with E-state index in [0.717, 1.165) is 18.6 Å². The molecule has 0 fully saturated rings. The van der Waals surface area contributed by atoms with E-state index < -0.39 is 9.04 Å². The maximum absolute atomic E-state index is 6.69. The molecule has 0 spiro atoms. The minimum absolute atomic E-state index is 1.05. The molecule has 4 rings (SSSR count). The molecule has 0 N–H and O–H groups in total. The van der Waals surface area contributed by atoms with E-state index >= 15 is 0 Å². The lowest BCUT2D eigenvalue weighted by Gasteiger charge is -2.24. The second kappa shape index (κ2) is 6.89. The Kier molecular flexibility index (Phi) is 4.30. The summed E-state index contributed by atoms with van der Waals surface area (Å²) in [6, 6.07) is 29.9. The molecule has 0 unspecified atom stereocenters. The summed E-state index contributed by atoms with van der Waals surface area (Å²) in [6.45, 7) is 0. The molecule has 3 aromatic carbocycles. The van der Waals surface area contributed by atoms with E-state index in [-0.39, 0.29) is 0 Å². The van der Waals surface area contributed by atoms with Crippen LogP contribution in [-0.2, 0) is 10.8 Å². The molecule has 0 saturated carbocycles. The van der Waals surface area contributed by atoms with Crippen molar-refractivity contribution in [3.8, 4) is 0 Å². The van der Waals surface area contributed by atoms with Crippen LogP contribution in [0, 0.1) is 0 Å². The van der Waals surface area contributed by atoms with E-state index in [2.05, 4.69) is 91.0 Å². The molecule has 3 aromatic rings. The zero-order valence-corrected chi connectivity index (χ0v) is 14.7. The average Bonchev–Trinajstić information content (AvgIpc) is 2.67. The van der Waals surface area contributed by atoms with Gasteiger partial charge in [0, 0.05) is 5.56 Å². The van der Waals surface area contributed by atoms with E-state index in [1.54, 1.807) is 0 Å². The second-order valence-electron chi connectivity index (χ2n) is 6.08. The van der Waals surface area contributed by atoms with Crippen molar-refractivity contribution in [2.75, 3.05) is 0 Å². The van der Waals surface area contributed by atoms with Crippen LogP contribution in [0.25, 0.3) is 5.76 Å². The summed E-state index contributed by atoms with van der Waals surface area (Å²) < 4.78 is 6.69. The van der Waals surface area contributed by atoms with Crippen LogP contribution in [0.3, 0.4) is 0 Å². The van der Waals surface area contributed by atoms with Crippen molar-refractivity contribution in [3.05, 3.63) is 102 Å². The Bertz CT molecular complexity index is 801. The summed E-state index contributed by atoms with van der Waals surface area (Å²) in [5, 5.41) is 2.63. The summed E-state index contributed by atoms with van der Waals surface area (Å²) >= 11 is 0. The summed E-state index contributed by atoms with van der Waals surface area (Å²) in [5.41, 5.74) is 2.65. The summed E-state index contributed by atoms with van der Waals surface area (Å²) in [4.78, 5) is 0. The quantitative estimate of drug-likeness (QED) is 0.666. The van der Waals surface area contributed by atoms with Crippen molar-refractivity contribution in [1.29, 1.82) is 0 Å². The summed E-state index contributed by atoms with van der Waals surface area (Å²) in [5.74, 6) is 1.06. The molecule has 0 atom stereocenters. The Hall–Kier alpha value is -2.58. The Morgan fingerprint density at radius 3 is 1.92 bits per heavy atom. The fourth-order valence-electron chi connectivity index (χ4n) is 3.27. The van der Waals surface area contributed by atoms with E-state index in [1.807, 2.05) is 0 Å². The molecule has 24 heavy (non-hydrogen) atoms. The molecule has 0 saturated heterocycles. The number of rotatable bonds is 4. The molecule has 1 aliphatic carbocycles. The lowest BCUT2D eigenvalue weighted by Crippen LogP contribution is -2.44. The third-order valence-electron chi connectivity index (χ3n) is 4.48. The Balaban J connectivity index is 1.72. The Morgan fingerprint density at radius 1 is 0.667 bits per heavy atom.